The summed E-state index contributed by atoms with van der Waals surface area (Å²) in [5, 5.41) is 11.6. The fourth-order valence-electron chi connectivity index (χ4n) is 2.92. The zero-order chi connectivity index (χ0) is 12.9. The Balaban J connectivity index is 1.71. The first-order valence-corrected chi connectivity index (χ1v) is 5.79. The molecule has 3 rings (SSSR count). The van der Waals surface area contributed by atoms with Gasteiger partial charge < -0.3 is 15.8 Å². The summed E-state index contributed by atoms with van der Waals surface area (Å²) in [6, 6.07) is 3.91. The number of nitrogens with two attached hydrogens (primary N) is 1. The van der Waals surface area contributed by atoms with Gasteiger partial charge in [-0.3, -0.25) is 0 Å². The molecule has 0 amide bonds. The lowest BCUT2D eigenvalue weighted by atomic mass is 10.2. The van der Waals surface area contributed by atoms with Gasteiger partial charge in [-0.1, -0.05) is 5.16 Å². The predicted octanol–water partition coefficient (Wildman–Crippen LogP) is 1.39. The molecule has 1 aliphatic heterocycles. The number of nitrogens with zero attached hydrogens (tertiary/aromatic N) is 2. The number of hydrogen-bond donors (Lipinski definition) is 2. The standard InChI is InChI=1S/C12H13F2N3O/c13-9-2-1-6(3-10(9)14)17-4-7-8(5-17)11(7)12(15)16-18/h1-3,7-8,11,18H,4-5H2,(H2,15,16)/t7-,8+,11-. The van der Waals surface area contributed by atoms with E-state index in [1.54, 1.807) is 6.07 Å². The van der Waals surface area contributed by atoms with Gasteiger partial charge in [0.25, 0.3) is 0 Å². The van der Waals surface area contributed by atoms with Crippen molar-refractivity contribution in [2.24, 2.45) is 28.6 Å². The van der Waals surface area contributed by atoms with Gasteiger partial charge >= 0.3 is 0 Å². The Bertz CT molecular complexity index is 508. The number of oxime groups is 1. The van der Waals surface area contributed by atoms with Gasteiger partial charge in [-0.2, -0.15) is 0 Å². The van der Waals surface area contributed by atoms with E-state index in [0.717, 1.165) is 19.2 Å². The van der Waals surface area contributed by atoms with Gasteiger partial charge in [0, 0.05) is 30.8 Å². The normalized spacial score (nSPS) is 30.4. The lowest BCUT2D eigenvalue weighted by Gasteiger charge is -2.21. The quantitative estimate of drug-likeness (QED) is 0.362. The van der Waals surface area contributed by atoms with Gasteiger partial charge in [0.05, 0.1) is 0 Å². The largest absolute Gasteiger partial charge is 0.409 e. The number of anilines is 1. The molecular formula is C12H13F2N3O. The van der Waals surface area contributed by atoms with E-state index in [0.29, 0.717) is 17.5 Å². The molecule has 2 aliphatic rings. The molecule has 6 heteroatoms. The van der Waals surface area contributed by atoms with Gasteiger partial charge in [0.15, 0.2) is 11.6 Å². The van der Waals surface area contributed by atoms with E-state index in [2.05, 4.69) is 5.16 Å². The SMILES string of the molecule is N/C(=N\O)[C@@H]1[C@@H]2CN(c3ccc(F)c(F)c3)C[C@@H]21. The van der Waals surface area contributed by atoms with Crippen LogP contribution < -0.4 is 10.6 Å². The van der Waals surface area contributed by atoms with Crippen LogP contribution in [0.1, 0.15) is 0 Å². The van der Waals surface area contributed by atoms with E-state index in [-0.39, 0.29) is 11.8 Å². The van der Waals surface area contributed by atoms with Crippen LogP contribution in [0.25, 0.3) is 0 Å². The summed E-state index contributed by atoms with van der Waals surface area (Å²) in [6.07, 6.45) is 0. The first kappa shape index (κ1) is 11.3. The highest BCUT2D eigenvalue weighted by molar-refractivity contribution is 5.86. The molecule has 4 nitrogen and oxygen atoms in total. The highest BCUT2D eigenvalue weighted by Crippen LogP contribution is 2.52. The van der Waals surface area contributed by atoms with E-state index in [1.807, 2.05) is 4.90 Å². The topological polar surface area (TPSA) is 61.9 Å². The summed E-state index contributed by atoms with van der Waals surface area (Å²) in [5.41, 5.74) is 6.25. The van der Waals surface area contributed by atoms with E-state index < -0.39 is 11.6 Å². The van der Waals surface area contributed by atoms with Crippen molar-refractivity contribution in [2.75, 3.05) is 18.0 Å². The van der Waals surface area contributed by atoms with E-state index in [4.69, 9.17) is 10.9 Å². The zero-order valence-corrected chi connectivity index (χ0v) is 9.55. The molecule has 0 radical (unpaired) electrons. The molecule has 0 aromatic heterocycles. The van der Waals surface area contributed by atoms with Crippen LogP contribution in [0.15, 0.2) is 23.4 Å². The Morgan fingerprint density at radius 2 is 1.94 bits per heavy atom. The molecule has 18 heavy (non-hydrogen) atoms. The minimum absolute atomic E-state index is 0.136. The Morgan fingerprint density at radius 1 is 1.28 bits per heavy atom. The first-order chi connectivity index (χ1) is 8.61. The average Bonchev–Trinajstić information content (AvgIpc) is 2.86. The van der Waals surface area contributed by atoms with Crippen LogP contribution in [0.4, 0.5) is 14.5 Å². The molecule has 0 spiro atoms. The third-order valence-corrected chi connectivity index (χ3v) is 3.92. The number of amidine groups is 1. The van der Waals surface area contributed by atoms with E-state index >= 15 is 0 Å². The molecule has 0 unspecified atom stereocenters. The summed E-state index contributed by atoms with van der Waals surface area (Å²) in [6.45, 7) is 1.47. The molecule has 2 fully saturated rings. The van der Waals surface area contributed by atoms with Crippen molar-refractivity contribution < 1.29 is 14.0 Å². The fourth-order valence-corrected chi connectivity index (χ4v) is 2.92. The van der Waals surface area contributed by atoms with Crippen LogP contribution in [0.2, 0.25) is 0 Å². The van der Waals surface area contributed by atoms with Crippen molar-refractivity contribution in [3.8, 4) is 0 Å². The number of halogens is 2. The lowest BCUT2D eigenvalue weighted by molar-refractivity contribution is 0.315. The summed E-state index contributed by atoms with van der Waals surface area (Å²) < 4.78 is 26.0. The minimum Gasteiger partial charge on any atom is -0.409 e. The van der Waals surface area contributed by atoms with Gasteiger partial charge in [0.2, 0.25) is 0 Å². The van der Waals surface area contributed by atoms with Crippen LogP contribution in [0.5, 0.6) is 0 Å². The Morgan fingerprint density at radius 3 is 2.50 bits per heavy atom. The van der Waals surface area contributed by atoms with Crippen LogP contribution >= 0.6 is 0 Å². The first-order valence-electron chi connectivity index (χ1n) is 5.79. The van der Waals surface area contributed by atoms with E-state index in [9.17, 15) is 8.78 Å². The summed E-state index contributed by atoms with van der Waals surface area (Å²) in [7, 11) is 0. The predicted molar refractivity (Wildman–Crippen MR) is 62.4 cm³/mol. The van der Waals surface area contributed by atoms with Crippen molar-refractivity contribution in [3.05, 3.63) is 29.8 Å². The third kappa shape index (κ3) is 1.60. The monoisotopic (exact) mass is 253 g/mol. The van der Waals surface area contributed by atoms with Crippen molar-refractivity contribution in [2.45, 2.75) is 0 Å². The Hall–Kier alpha value is -1.85. The van der Waals surface area contributed by atoms with Crippen LogP contribution in [0.3, 0.4) is 0 Å². The van der Waals surface area contributed by atoms with Gasteiger partial charge in [-0.15, -0.1) is 0 Å². The minimum atomic E-state index is -0.836. The van der Waals surface area contributed by atoms with E-state index in [1.165, 1.54) is 6.07 Å². The number of rotatable bonds is 2. The molecule has 1 aromatic rings. The number of fused-ring (bicyclic) bond motifs is 1. The lowest BCUT2D eigenvalue weighted by Crippen LogP contribution is -2.28. The molecule has 1 saturated heterocycles. The maximum atomic E-state index is 13.1. The second kappa shape index (κ2) is 3.83. The van der Waals surface area contributed by atoms with Gasteiger partial charge in [-0.05, 0) is 24.0 Å². The summed E-state index contributed by atoms with van der Waals surface area (Å²) in [5.74, 6) is -0.548. The average molecular weight is 253 g/mol. The number of hydrogen-bond acceptors (Lipinski definition) is 3. The second-order valence-electron chi connectivity index (χ2n) is 4.88. The molecular weight excluding hydrogens is 240 g/mol. The van der Waals surface area contributed by atoms with Crippen molar-refractivity contribution in [3.63, 3.8) is 0 Å². The fraction of sp³-hybridized carbons (Fsp3) is 0.417. The van der Waals surface area contributed by atoms with Crippen molar-refractivity contribution >= 4 is 11.5 Å². The van der Waals surface area contributed by atoms with Crippen molar-refractivity contribution in [1.82, 2.24) is 0 Å². The van der Waals surface area contributed by atoms with Gasteiger partial charge in [-0.25, -0.2) is 8.78 Å². The molecule has 1 saturated carbocycles. The number of piperidine rings is 1. The Kier molecular flexibility index (Phi) is 2.39. The van der Waals surface area contributed by atoms with Crippen LogP contribution in [-0.4, -0.2) is 24.1 Å². The maximum absolute atomic E-state index is 13.1. The molecule has 1 heterocycles. The van der Waals surface area contributed by atoms with Gasteiger partial charge in [0.1, 0.15) is 5.84 Å². The number of benzene rings is 1. The molecule has 96 valence electrons. The second-order valence-corrected chi connectivity index (χ2v) is 4.88. The van der Waals surface area contributed by atoms with Crippen LogP contribution in [-0.2, 0) is 0 Å². The summed E-state index contributed by atoms with van der Waals surface area (Å²) >= 11 is 0. The maximum Gasteiger partial charge on any atom is 0.160 e. The van der Waals surface area contributed by atoms with Crippen molar-refractivity contribution in [1.29, 1.82) is 0 Å². The molecule has 1 aliphatic carbocycles. The highest BCUT2D eigenvalue weighted by Gasteiger charge is 2.58. The highest BCUT2D eigenvalue weighted by atomic mass is 19.2. The summed E-state index contributed by atoms with van der Waals surface area (Å²) in [4.78, 5) is 2.00. The zero-order valence-electron chi connectivity index (χ0n) is 9.55. The Labute approximate surface area is 103 Å². The molecule has 3 N–H and O–H groups in total. The smallest absolute Gasteiger partial charge is 0.160 e. The molecule has 3 atom stereocenters. The third-order valence-electron chi connectivity index (χ3n) is 3.92. The molecule has 1 aromatic carbocycles. The van der Waals surface area contributed by atoms with Crippen LogP contribution in [0, 0.1) is 29.4 Å². The molecule has 0 bridgehead atoms.